The van der Waals surface area contributed by atoms with Gasteiger partial charge in [-0.15, -0.1) is 0 Å². The van der Waals surface area contributed by atoms with Crippen LogP contribution in [0.15, 0.2) is 33.9 Å². The Morgan fingerprint density at radius 1 is 1.26 bits per heavy atom. The Morgan fingerprint density at radius 3 is 2.74 bits per heavy atom. The molecule has 1 aliphatic rings. The first-order valence-corrected chi connectivity index (χ1v) is 8.21. The van der Waals surface area contributed by atoms with Crippen LogP contribution in [0.4, 0.5) is 0 Å². The lowest BCUT2D eigenvalue weighted by molar-refractivity contribution is 0.122. The van der Waals surface area contributed by atoms with Gasteiger partial charge < -0.3 is 4.52 Å². The molecule has 0 radical (unpaired) electrons. The molecule has 23 heavy (non-hydrogen) atoms. The van der Waals surface area contributed by atoms with E-state index < -0.39 is 0 Å². The van der Waals surface area contributed by atoms with E-state index in [9.17, 15) is 0 Å². The molecule has 3 rings (SSSR count). The summed E-state index contributed by atoms with van der Waals surface area (Å²) in [4.78, 5) is 2.35. The average Bonchev–Trinajstić information content (AvgIpc) is 2.98. The maximum Gasteiger partial charge on any atom is 0.151 e. The fourth-order valence-corrected chi connectivity index (χ4v) is 3.07. The van der Waals surface area contributed by atoms with Crippen LogP contribution in [0.25, 0.3) is 11.3 Å². The lowest BCUT2D eigenvalue weighted by atomic mass is 10.1. The summed E-state index contributed by atoms with van der Waals surface area (Å²) < 4.78 is 5.49. The maximum absolute atomic E-state index is 6.30. The van der Waals surface area contributed by atoms with Gasteiger partial charge in [0.2, 0.25) is 0 Å². The minimum Gasteiger partial charge on any atom is -0.359 e. The molecule has 1 aliphatic heterocycles. The monoisotopic (exact) mass is 332 g/mol. The van der Waals surface area contributed by atoms with Crippen LogP contribution in [-0.2, 0) is 6.54 Å². The van der Waals surface area contributed by atoms with Crippen LogP contribution in [0.5, 0.6) is 0 Å². The Bertz CT molecular complexity index is 690. The molecule has 0 atom stereocenters. The standard InChI is InChI=1S/C17H21ClN4O/c1-3-19-22-8-6-21(7-9-22)12-14-11-17(20-23-14)15-5-4-13(2)10-16(15)18/h3-5,10-11H,6-9,12H2,1-2H3/b19-3+. The molecular formula is C17H21ClN4O. The molecule has 0 spiro atoms. The molecule has 2 heterocycles. The number of aryl methyl sites for hydroxylation is 1. The summed E-state index contributed by atoms with van der Waals surface area (Å²) in [6, 6.07) is 7.94. The third-order valence-corrected chi connectivity index (χ3v) is 4.28. The summed E-state index contributed by atoms with van der Waals surface area (Å²) in [7, 11) is 0. The maximum atomic E-state index is 6.30. The number of aromatic nitrogens is 1. The second-order valence-corrected chi connectivity index (χ2v) is 6.17. The molecule has 1 aromatic heterocycles. The first-order chi connectivity index (χ1) is 11.2. The SMILES string of the molecule is C/C=N/N1CCN(Cc2cc(-c3ccc(C)cc3Cl)no2)CC1. The van der Waals surface area contributed by atoms with E-state index in [1.807, 2.05) is 44.3 Å². The highest BCUT2D eigenvalue weighted by atomic mass is 35.5. The predicted octanol–water partition coefficient (Wildman–Crippen LogP) is 3.43. The lowest BCUT2D eigenvalue weighted by Crippen LogP contribution is -2.43. The predicted molar refractivity (Wildman–Crippen MR) is 92.7 cm³/mol. The Balaban J connectivity index is 1.64. The van der Waals surface area contributed by atoms with Crippen molar-refractivity contribution < 1.29 is 4.52 Å². The van der Waals surface area contributed by atoms with Gasteiger partial charge in [-0.2, -0.15) is 5.10 Å². The number of hydrogen-bond donors (Lipinski definition) is 0. The fourth-order valence-electron chi connectivity index (χ4n) is 2.74. The molecule has 0 unspecified atom stereocenters. The number of benzene rings is 1. The van der Waals surface area contributed by atoms with Gasteiger partial charge in [0.25, 0.3) is 0 Å². The van der Waals surface area contributed by atoms with E-state index >= 15 is 0 Å². The van der Waals surface area contributed by atoms with Gasteiger partial charge in [0.15, 0.2) is 5.76 Å². The van der Waals surface area contributed by atoms with Gasteiger partial charge >= 0.3 is 0 Å². The van der Waals surface area contributed by atoms with E-state index in [1.165, 1.54) is 0 Å². The van der Waals surface area contributed by atoms with Gasteiger partial charge in [0.05, 0.1) is 11.6 Å². The largest absolute Gasteiger partial charge is 0.359 e. The fraction of sp³-hybridized carbons (Fsp3) is 0.412. The summed E-state index contributed by atoms with van der Waals surface area (Å²) in [5, 5.41) is 11.3. The normalized spacial score (nSPS) is 16.4. The van der Waals surface area contributed by atoms with Gasteiger partial charge in [-0.25, -0.2) is 0 Å². The molecule has 122 valence electrons. The van der Waals surface area contributed by atoms with E-state index in [0.717, 1.165) is 55.3 Å². The van der Waals surface area contributed by atoms with Crippen molar-refractivity contribution in [3.05, 3.63) is 40.6 Å². The summed E-state index contributed by atoms with van der Waals surface area (Å²) in [5.41, 5.74) is 2.84. The molecule has 0 amide bonds. The number of rotatable bonds is 4. The molecule has 0 saturated carbocycles. The van der Waals surface area contributed by atoms with Crippen molar-refractivity contribution in [2.75, 3.05) is 26.2 Å². The zero-order valence-corrected chi connectivity index (χ0v) is 14.3. The van der Waals surface area contributed by atoms with Gasteiger partial charge in [0, 0.05) is 44.0 Å². The molecule has 1 aromatic carbocycles. The Morgan fingerprint density at radius 2 is 2.04 bits per heavy atom. The van der Waals surface area contributed by atoms with Crippen LogP contribution in [-0.4, -0.2) is 47.5 Å². The molecule has 2 aromatic rings. The van der Waals surface area contributed by atoms with E-state index in [1.54, 1.807) is 0 Å². The molecule has 1 saturated heterocycles. The average molecular weight is 333 g/mol. The summed E-state index contributed by atoms with van der Waals surface area (Å²) >= 11 is 6.30. The lowest BCUT2D eigenvalue weighted by Gasteiger charge is -2.32. The van der Waals surface area contributed by atoms with Crippen molar-refractivity contribution in [1.82, 2.24) is 15.1 Å². The van der Waals surface area contributed by atoms with E-state index in [4.69, 9.17) is 16.1 Å². The number of hydrogen-bond acceptors (Lipinski definition) is 5. The van der Waals surface area contributed by atoms with Crippen molar-refractivity contribution in [2.24, 2.45) is 5.10 Å². The Hall–Kier alpha value is -1.85. The Kier molecular flexibility index (Phi) is 4.98. The van der Waals surface area contributed by atoms with Crippen molar-refractivity contribution in [3.8, 4) is 11.3 Å². The second-order valence-electron chi connectivity index (χ2n) is 5.77. The Labute approximate surface area is 141 Å². The second kappa shape index (κ2) is 7.15. The van der Waals surface area contributed by atoms with Gasteiger partial charge in [-0.1, -0.05) is 28.9 Å². The zero-order valence-electron chi connectivity index (χ0n) is 13.5. The first-order valence-electron chi connectivity index (χ1n) is 7.83. The summed E-state index contributed by atoms with van der Waals surface area (Å²) in [6.07, 6.45) is 1.84. The zero-order chi connectivity index (χ0) is 16.2. The number of halogens is 1. The first kappa shape index (κ1) is 16.0. The van der Waals surface area contributed by atoms with Crippen LogP contribution in [0.3, 0.4) is 0 Å². The van der Waals surface area contributed by atoms with Crippen LogP contribution in [0.1, 0.15) is 18.2 Å². The van der Waals surface area contributed by atoms with Crippen molar-refractivity contribution in [2.45, 2.75) is 20.4 Å². The molecule has 0 bridgehead atoms. The van der Waals surface area contributed by atoms with Crippen molar-refractivity contribution in [1.29, 1.82) is 0 Å². The van der Waals surface area contributed by atoms with Crippen LogP contribution in [0.2, 0.25) is 5.02 Å². The molecule has 0 aliphatic carbocycles. The minimum absolute atomic E-state index is 0.705. The van der Waals surface area contributed by atoms with Gasteiger partial charge in [0.1, 0.15) is 5.69 Å². The highest BCUT2D eigenvalue weighted by Crippen LogP contribution is 2.28. The van der Waals surface area contributed by atoms with E-state index in [-0.39, 0.29) is 0 Å². The van der Waals surface area contributed by atoms with Crippen LogP contribution >= 0.6 is 11.6 Å². The molecular weight excluding hydrogens is 312 g/mol. The summed E-state index contributed by atoms with van der Waals surface area (Å²) in [6.45, 7) is 8.55. The third kappa shape index (κ3) is 3.92. The van der Waals surface area contributed by atoms with Gasteiger partial charge in [-0.3, -0.25) is 9.91 Å². The number of hydrazone groups is 1. The minimum atomic E-state index is 0.705. The van der Waals surface area contributed by atoms with E-state index in [2.05, 4.69) is 20.2 Å². The molecule has 5 nitrogen and oxygen atoms in total. The summed E-state index contributed by atoms with van der Waals surface area (Å²) in [5.74, 6) is 0.865. The quantitative estimate of drug-likeness (QED) is 0.805. The van der Waals surface area contributed by atoms with Crippen LogP contribution < -0.4 is 0 Å². The van der Waals surface area contributed by atoms with E-state index in [0.29, 0.717) is 5.02 Å². The smallest absolute Gasteiger partial charge is 0.151 e. The molecule has 0 N–H and O–H groups in total. The molecule has 1 fully saturated rings. The molecule has 6 heteroatoms. The third-order valence-electron chi connectivity index (χ3n) is 3.97. The highest BCUT2D eigenvalue weighted by Gasteiger charge is 2.18. The van der Waals surface area contributed by atoms with Crippen LogP contribution in [0, 0.1) is 6.92 Å². The number of piperazine rings is 1. The van der Waals surface area contributed by atoms with Gasteiger partial charge in [-0.05, 0) is 25.5 Å². The number of nitrogens with zero attached hydrogens (tertiary/aromatic N) is 4. The van der Waals surface area contributed by atoms with Crippen molar-refractivity contribution >= 4 is 17.8 Å². The van der Waals surface area contributed by atoms with Crippen molar-refractivity contribution in [3.63, 3.8) is 0 Å². The highest BCUT2D eigenvalue weighted by molar-refractivity contribution is 6.33. The topological polar surface area (TPSA) is 44.9 Å².